The minimum Gasteiger partial charge on any atom is -0.393 e. The molecule has 3 aliphatic rings. The molecule has 3 saturated carbocycles. The van der Waals surface area contributed by atoms with Crippen molar-refractivity contribution in [1.82, 2.24) is 0 Å². The molecule has 0 aromatic heterocycles. The minimum absolute atomic E-state index is 0.0666. The van der Waals surface area contributed by atoms with E-state index in [4.69, 9.17) is 0 Å². The number of Topliss-reactive ketones (excluding diaryl/α,β-unsaturated/α-hetero) is 2. The van der Waals surface area contributed by atoms with Gasteiger partial charge in [0.05, 0.1) is 12.2 Å². The molecular formula is C27H46O4. The lowest BCUT2D eigenvalue weighted by molar-refractivity contribution is -0.178. The number of hydrogen-bond donors (Lipinski definition) is 2. The van der Waals surface area contributed by atoms with Crippen molar-refractivity contribution < 1.29 is 19.8 Å². The average molecular weight is 435 g/mol. The summed E-state index contributed by atoms with van der Waals surface area (Å²) in [5.41, 5.74) is -0.754. The lowest BCUT2D eigenvalue weighted by atomic mass is 9.45. The summed E-state index contributed by atoms with van der Waals surface area (Å²) in [5, 5.41) is 21.4. The Kier molecular flexibility index (Phi) is 7.73. The van der Waals surface area contributed by atoms with Crippen LogP contribution in [0.5, 0.6) is 0 Å². The van der Waals surface area contributed by atoms with Crippen LogP contribution in [-0.4, -0.2) is 34.0 Å². The predicted molar refractivity (Wildman–Crippen MR) is 124 cm³/mol. The molecule has 0 aliphatic heterocycles. The molecule has 0 amide bonds. The number of hydrogen-bond acceptors (Lipinski definition) is 4. The van der Waals surface area contributed by atoms with Crippen LogP contribution >= 0.6 is 0 Å². The molecule has 0 saturated heterocycles. The van der Waals surface area contributed by atoms with Crippen molar-refractivity contribution in [2.75, 3.05) is 0 Å². The van der Waals surface area contributed by atoms with Crippen molar-refractivity contribution in [1.29, 1.82) is 0 Å². The van der Waals surface area contributed by atoms with Gasteiger partial charge in [0, 0.05) is 24.2 Å². The molecule has 8 unspecified atom stereocenters. The molecule has 3 fully saturated rings. The zero-order valence-electron chi connectivity index (χ0n) is 20.5. The molecule has 4 nitrogen and oxygen atoms in total. The summed E-state index contributed by atoms with van der Waals surface area (Å²) in [4.78, 5) is 26.0. The summed E-state index contributed by atoms with van der Waals surface area (Å²) in [6.45, 7) is 10.7. The Morgan fingerprint density at radius 2 is 1.77 bits per heavy atom. The number of carbonyl (C=O) groups excluding carboxylic acids is 2. The molecule has 0 aromatic rings. The number of aliphatic hydroxyl groups is 2. The fourth-order valence-corrected chi connectivity index (χ4v) is 7.39. The first-order valence-electron chi connectivity index (χ1n) is 12.9. The molecule has 0 radical (unpaired) electrons. The van der Waals surface area contributed by atoms with Crippen LogP contribution in [0.4, 0.5) is 0 Å². The van der Waals surface area contributed by atoms with E-state index in [9.17, 15) is 19.8 Å². The highest BCUT2D eigenvalue weighted by Gasteiger charge is 2.60. The number of rotatable bonds is 8. The Balaban J connectivity index is 1.69. The second kappa shape index (κ2) is 9.63. The second-order valence-electron chi connectivity index (χ2n) is 12.1. The van der Waals surface area contributed by atoms with Crippen molar-refractivity contribution in [3.63, 3.8) is 0 Å². The first kappa shape index (κ1) is 24.9. The van der Waals surface area contributed by atoms with Crippen LogP contribution in [0.3, 0.4) is 0 Å². The number of carbonyl (C=O) groups is 2. The van der Waals surface area contributed by atoms with Gasteiger partial charge in [-0.3, -0.25) is 9.59 Å². The van der Waals surface area contributed by atoms with Gasteiger partial charge < -0.3 is 10.2 Å². The van der Waals surface area contributed by atoms with Crippen LogP contribution in [-0.2, 0) is 9.59 Å². The lowest BCUT2D eigenvalue weighted by Crippen LogP contribution is -2.59. The number of aliphatic hydroxyl groups excluding tert-OH is 2. The molecule has 0 bridgehead atoms. The van der Waals surface area contributed by atoms with Gasteiger partial charge in [0.1, 0.15) is 11.6 Å². The minimum atomic E-state index is -0.505. The van der Waals surface area contributed by atoms with E-state index in [1.807, 2.05) is 6.92 Å². The molecule has 0 heterocycles. The predicted octanol–water partition coefficient (Wildman–Crippen LogP) is 5.33. The highest BCUT2D eigenvalue weighted by atomic mass is 16.3. The standard InChI is InChI=1S/C27H46O4/c1-17(2)7-6-8-18(3)23(29)13-14-26(4)22-15-25(31)27(5)16-19(28)9-11-21(27)20(22)10-12-24(26)30/h17-22,25,28,31H,6-16H2,1-5H3. The molecule has 8 atom stereocenters. The molecule has 0 aromatic carbocycles. The third kappa shape index (κ3) is 4.95. The van der Waals surface area contributed by atoms with Gasteiger partial charge in [0.25, 0.3) is 0 Å². The lowest BCUT2D eigenvalue weighted by Gasteiger charge is -2.60. The summed E-state index contributed by atoms with van der Waals surface area (Å²) in [6.07, 6.45) is 8.02. The van der Waals surface area contributed by atoms with E-state index in [1.54, 1.807) is 0 Å². The van der Waals surface area contributed by atoms with E-state index < -0.39 is 11.5 Å². The van der Waals surface area contributed by atoms with Crippen molar-refractivity contribution in [2.45, 2.75) is 117 Å². The van der Waals surface area contributed by atoms with Crippen molar-refractivity contribution in [3.8, 4) is 0 Å². The Hall–Kier alpha value is -0.740. The molecule has 3 aliphatic carbocycles. The van der Waals surface area contributed by atoms with Gasteiger partial charge in [-0.1, -0.05) is 47.5 Å². The monoisotopic (exact) mass is 434 g/mol. The molecule has 178 valence electrons. The first-order valence-corrected chi connectivity index (χ1v) is 12.9. The van der Waals surface area contributed by atoms with Crippen LogP contribution in [0.1, 0.15) is 105 Å². The number of fused-ring (bicyclic) bond motifs is 3. The highest BCUT2D eigenvalue weighted by Crippen LogP contribution is 2.61. The van der Waals surface area contributed by atoms with Crippen LogP contribution in [0.15, 0.2) is 0 Å². The zero-order valence-corrected chi connectivity index (χ0v) is 20.5. The third-order valence-corrected chi connectivity index (χ3v) is 9.62. The maximum atomic E-state index is 13.2. The summed E-state index contributed by atoms with van der Waals surface area (Å²) in [7, 11) is 0. The second-order valence-corrected chi connectivity index (χ2v) is 12.1. The van der Waals surface area contributed by atoms with Gasteiger partial charge in [0.15, 0.2) is 0 Å². The normalized spacial score (nSPS) is 41.5. The maximum absolute atomic E-state index is 13.2. The average Bonchev–Trinajstić information content (AvgIpc) is 2.69. The Bertz CT molecular complexity index is 658. The van der Waals surface area contributed by atoms with E-state index in [0.717, 1.165) is 38.5 Å². The topological polar surface area (TPSA) is 74.6 Å². The summed E-state index contributed by atoms with van der Waals surface area (Å²) in [6, 6.07) is 0. The first-order chi connectivity index (χ1) is 14.5. The fourth-order valence-electron chi connectivity index (χ4n) is 7.39. The summed E-state index contributed by atoms with van der Waals surface area (Å²) >= 11 is 0. The van der Waals surface area contributed by atoms with Gasteiger partial charge in [-0.2, -0.15) is 0 Å². The van der Waals surface area contributed by atoms with Gasteiger partial charge in [-0.05, 0) is 74.0 Å². The van der Waals surface area contributed by atoms with Crippen LogP contribution in [0, 0.1) is 40.4 Å². The Morgan fingerprint density at radius 3 is 2.45 bits per heavy atom. The molecule has 31 heavy (non-hydrogen) atoms. The van der Waals surface area contributed by atoms with Crippen LogP contribution in [0.25, 0.3) is 0 Å². The quantitative estimate of drug-likeness (QED) is 0.541. The molecule has 4 heteroatoms. The summed E-state index contributed by atoms with van der Waals surface area (Å²) in [5.74, 6) is 2.26. The van der Waals surface area contributed by atoms with E-state index in [1.165, 1.54) is 0 Å². The molecule has 0 spiro atoms. The Morgan fingerprint density at radius 1 is 1.06 bits per heavy atom. The maximum Gasteiger partial charge on any atom is 0.139 e. The van der Waals surface area contributed by atoms with Crippen molar-refractivity contribution in [2.24, 2.45) is 40.4 Å². The highest BCUT2D eigenvalue weighted by molar-refractivity contribution is 5.87. The SMILES string of the molecule is CC(C)CCCC(C)C(=O)CCC1(C)C(=O)CCC2C1CC(O)C1(C)CC(O)CCC21. The van der Waals surface area contributed by atoms with E-state index in [0.29, 0.717) is 61.4 Å². The Labute approximate surface area is 189 Å². The van der Waals surface area contributed by atoms with Crippen LogP contribution in [0.2, 0.25) is 0 Å². The molecular weight excluding hydrogens is 388 g/mol. The van der Waals surface area contributed by atoms with E-state index in [2.05, 4.69) is 27.7 Å². The smallest absolute Gasteiger partial charge is 0.139 e. The van der Waals surface area contributed by atoms with E-state index in [-0.39, 0.29) is 23.4 Å². The van der Waals surface area contributed by atoms with Crippen molar-refractivity contribution in [3.05, 3.63) is 0 Å². The van der Waals surface area contributed by atoms with E-state index >= 15 is 0 Å². The fraction of sp³-hybridized carbons (Fsp3) is 0.926. The van der Waals surface area contributed by atoms with Crippen molar-refractivity contribution >= 4 is 11.6 Å². The number of ketones is 2. The molecule has 2 N–H and O–H groups in total. The largest absolute Gasteiger partial charge is 0.393 e. The van der Waals surface area contributed by atoms with Gasteiger partial charge in [0.2, 0.25) is 0 Å². The summed E-state index contributed by atoms with van der Waals surface area (Å²) < 4.78 is 0. The van der Waals surface area contributed by atoms with Crippen LogP contribution < -0.4 is 0 Å². The molecule has 3 rings (SSSR count). The van der Waals surface area contributed by atoms with Gasteiger partial charge >= 0.3 is 0 Å². The van der Waals surface area contributed by atoms with Gasteiger partial charge in [-0.25, -0.2) is 0 Å². The van der Waals surface area contributed by atoms with Gasteiger partial charge in [-0.15, -0.1) is 0 Å². The third-order valence-electron chi connectivity index (χ3n) is 9.62. The zero-order chi connectivity index (χ0) is 23.0.